The minimum atomic E-state index is -3.77. The number of benzene rings is 1. The molecular weight excluding hydrogens is 326 g/mol. The predicted molar refractivity (Wildman–Crippen MR) is 93.1 cm³/mol. The molecular formula is C18H25NO4S. The van der Waals surface area contributed by atoms with Crippen LogP contribution in [0.15, 0.2) is 40.8 Å². The van der Waals surface area contributed by atoms with Crippen molar-refractivity contribution >= 4 is 16.0 Å². The second-order valence-electron chi connectivity index (χ2n) is 6.05. The third-order valence-corrected chi connectivity index (χ3v) is 5.54. The van der Waals surface area contributed by atoms with E-state index in [1.165, 1.54) is 0 Å². The molecule has 1 aliphatic carbocycles. The molecule has 0 saturated carbocycles. The molecule has 0 unspecified atom stereocenters. The number of carbonyl (C=O) groups is 1. The quantitative estimate of drug-likeness (QED) is 0.605. The van der Waals surface area contributed by atoms with E-state index in [0.29, 0.717) is 6.42 Å². The fourth-order valence-corrected chi connectivity index (χ4v) is 3.93. The van der Waals surface area contributed by atoms with Gasteiger partial charge in [0.25, 0.3) is 0 Å². The first-order chi connectivity index (χ1) is 11.4. The van der Waals surface area contributed by atoms with Gasteiger partial charge in [-0.15, -0.1) is 0 Å². The van der Waals surface area contributed by atoms with E-state index in [4.69, 9.17) is 4.74 Å². The van der Waals surface area contributed by atoms with Crippen molar-refractivity contribution in [3.05, 3.63) is 41.5 Å². The lowest BCUT2D eigenvalue weighted by molar-refractivity contribution is -0.145. The van der Waals surface area contributed by atoms with Gasteiger partial charge < -0.3 is 4.74 Å². The van der Waals surface area contributed by atoms with Gasteiger partial charge in [-0.3, -0.25) is 4.79 Å². The minimum Gasteiger partial charge on any atom is -0.465 e. The van der Waals surface area contributed by atoms with Gasteiger partial charge in [-0.05, 0) is 58.1 Å². The Hall–Kier alpha value is -1.66. The molecule has 2 rings (SSSR count). The van der Waals surface area contributed by atoms with Crippen LogP contribution in [0.5, 0.6) is 0 Å². The molecule has 0 radical (unpaired) electrons. The average molecular weight is 351 g/mol. The Morgan fingerprint density at radius 3 is 2.54 bits per heavy atom. The molecule has 0 aromatic heterocycles. The van der Waals surface area contributed by atoms with E-state index in [9.17, 15) is 13.2 Å². The van der Waals surface area contributed by atoms with Crippen molar-refractivity contribution in [2.75, 3.05) is 6.61 Å². The lowest BCUT2D eigenvalue weighted by atomic mass is 9.94. The highest BCUT2D eigenvalue weighted by Gasteiger charge is 2.28. The van der Waals surface area contributed by atoms with E-state index in [1.54, 1.807) is 31.2 Å². The molecule has 1 N–H and O–H groups in total. The van der Waals surface area contributed by atoms with Crippen LogP contribution < -0.4 is 4.72 Å². The zero-order chi connectivity index (χ0) is 17.6. The largest absolute Gasteiger partial charge is 0.465 e. The van der Waals surface area contributed by atoms with Crippen LogP contribution in [0, 0.1) is 6.92 Å². The van der Waals surface area contributed by atoms with Crippen molar-refractivity contribution in [2.45, 2.75) is 56.9 Å². The number of ether oxygens (including phenoxy) is 1. The van der Waals surface area contributed by atoms with E-state index in [0.717, 1.165) is 36.8 Å². The molecule has 1 aliphatic rings. The first-order valence-corrected chi connectivity index (χ1v) is 9.84. The lowest BCUT2D eigenvalue weighted by Crippen LogP contribution is -2.42. The van der Waals surface area contributed by atoms with Crippen molar-refractivity contribution in [1.82, 2.24) is 4.72 Å². The fourth-order valence-electron chi connectivity index (χ4n) is 2.74. The van der Waals surface area contributed by atoms with E-state index in [-0.39, 0.29) is 11.5 Å². The Labute approximate surface area is 144 Å². The molecule has 0 bridgehead atoms. The smallest absolute Gasteiger partial charge is 0.324 e. The van der Waals surface area contributed by atoms with Gasteiger partial charge in [0.2, 0.25) is 10.0 Å². The Morgan fingerprint density at radius 2 is 1.96 bits per heavy atom. The van der Waals surface area contributed by atoms with E-state index in [1.807, 2.05) is 6.92 Å². The van der Waals surface area contributed by atoms with Gasteiger partial charge >= 0.3 is 5.97 Å². The molecule has 0 saturated heterocycles. The van der Waals surface area contributed by atoms with Crippen molar-refractivity contribution in [1.29, 1.82) is 0 Å². The van der Waals surface area contributed by atoms with E-state index < -0.39 is 22.0 Å². The summed E-state index contributed by atoms with van der Waals surface area (Å²) in [6.07, 6.45) is 6.58. The average Bonchev–Trinajstić information content (AvgIpc) is 2.55. The second-order valence-corrected chi connectivity index (χ2v) is 7.77. The van der Waals surface area contributed by atoms with Crippen LogP contribution in [-0.2, 0) is 19.6 Å². The van der Waals surface area contributed by atoms with Gasteiger partial charge in [0.05, 0.1) is 11.5 Å². The van der Waals surface area contributed by atoms with Crippen LogP contribution >= 0.6 is 0 Å². The summed E-state index contributed by atoms with van der Waals surface area (Å²) >= 11 is 0. The third kappa shape index (κ3) is 5.18. The van der Waals surface area contributed by atoms with Crippen molar-refractivity contribution in [3.63, 3.8) is 0 Å². The van der Waals surface area contributed by atoms with E-state index in [2.05, 4.69) is 10.8 Å². The SMILES string of the molecule is CCOC(=O)[C@H](CC1=CCCCC1)NS(=O)(=O)c1ccc(C)cc1. The van der Waals surface area contributed by atoms with Crippen LogP contribution in [0.2, 0.25) is 0 Å². The number of carbonyl (C=O) groups excluding carboxylic acids is 1. The summed E-state index contributed by atoms with van der Waals surface area (Å²) in [5, 5.41) is 0. The number of nitrogens with one attached hydrogen (secondary N) is 1. The molecule has 0 amide bonds. The molecule has 1 aromatic rings. The maximum absolute atomic E-state index is 12.6. The molecule has 0 aliphatic heterocycles. The Balaban J connectivity index is 2.18. The topological polar surface area (TPSA) is 72.5 Å². The van der Waals surface area contributed by atoms with Gasteiger partial charge in [-0.25, -0.2) is 8.42 Å². The second kappa shape index (κ2) is 8.44. The molecule has 5 nitrogen and oxygen atoms in total. The first-order valence-electron chi connectivity index (χ1n) is 8.36. The molecule has 1 aromatic carbocycles. The van der Waals surface area contributed by atoms with E-state index >= 15 is 0 Å². The summed E-state index contributed by atoms with van der Waals surface area (Å²) in [6, 6.07) is 5.66. The highest BCUT2D eigenvalue weighted by atomic mass is 32.2. The third-order valence-electron chi connectivity index (χ3n) is 4.05. The summed E-state index contributed by atoms with van der Waals surface area (Å²) in [7, 11) is -3.77. The molecule has 0 fully saturated rings. The summed E-state index contributed by atoms with van der Waals surface area (Å²) < 4.78 is 32.7. The molecule has 6 heteroatoms. The van der Waals surface area contributed by atoms with Gasteiger partial charge in [0.1, 0.15) is 6.04 Å². The maximum Gasteiger partial charge on any atom is 0.324 e. The van der Waals surface area contributed by atoms with Crippen molar-refractivity contribution in [3.8, 4) is 0 Å². The first kappa shape index (κ1) is 18.7. The number of sulfonamides is 1. The van der Waals surface area contributed by atoms with Crippen molar-refractivity contribution < 1.29 is 17.9 Å². The molecule has 24 heavy (non-hydrogen) atoms. The lowest BCUT2D eigenvalue weighted by Gasteiger charge is -2.20. The fraction of sp³-hybridized carbons (Fsp3) is 0.500. The number of aryl methyl sites for hydroxylation is 1. The highest BCUT2D eigenvalue weighted by Crippen LogP contribution is 2.22. The highest BCUT2D eigenvalue weighted by molar-refractivity contribution is 7.89. The molecule has 132 valence electrons. The van der Waals surface area contributed by atoms with Crippen LogP contribution in [0.1, 0.15) is 44.6 Å². The van der Waals surface area contributed by atoms with Crippen molar-refractivity contribution in [2.24, 2.45) is 0 Å². The standard InChI is InChI=1S/C18H25NO4S/c1-3-23-18(20)17(13-15-7-5-4-6-8-15)19-24(21,22)16-11-9-14(2)10-12-16/h7,9-12,17,19H,3-6,8,13H2,1-2H3/t17-/m0/s1. The van der Waals surface area contributed by atoms with Crippen LogP contribution in [-0.4, -0.2) is 27.0 Å². The normalized spacial score (nSPS) is 16.3. The molecule has 1 atom stereocenters. The molecule has 0 spiro atoms. The number of allylic oxidation sites excluding steroid dienone is 1. The number of rotatable bonds is 7. The zero-order valence-electron chi connectivity index (χ0n) is 14.2. The summed E-state index contributed by atoms with van der Waals surface area (Å²) in [5.74, 6) is -0.528. The summed E-state index contributed by atoms with van der Waals surface area (Å²) in [6.45, 7) is 3.82. The van der Waals surface area contributed by atoms with Crippen LogP contribution in [0.3, 0.4) is 0 Å². The van der Waals surface area contributed by atoms with Gasteiger partial charge in [0, 0.05) is 0 Å². The van der Waals surface area contributed by atoms with Gasteiger partial charge in [0.15, 0.2) is 0 Å². The Morgan fingerprint density at radius 1 is 1.25 bits per heavy atom. The van der Waals surface area contributed by atoms with Gasteiger partial charge in [-0.1, -0.05) is 29.3 Å². The minimum absolute atomic E-state index is 0.153. The zero-order valence-corrected chi connectivity index (χ0v) is 15.1. The maximum atomic E-state index is 12.6. The number of esters is 1. The monoisotopic (exact) mass is 351 g/mol. The predicted octanol–water partition coefficient (Wildman–Crippen LogP) is 3.10. The Kier molecular flexibility index (Phi) is 6.57. The van der Waals surface area contributed by atoms with Gasteiger partial charge in [-0.2, -0.15) is 4.72 Å². The summed E-state index contributed by atoms with van der Waals surface area (Å²) in [4.78, 5) is 12.4. The van der Waals surface area contributed by atoms with Crippen LogP contribution in [0.25, 0.3) is 0 Å². The Bertz CT molecular complexity index is 692. The van der Waals surface area contributed by atoms with Crippen LogP contribution in [0.4, 0.5) is 0 Å². The number of hydrogen-bond donors (Lipinski definition) is 1. The molecule has 0 heterocycles. The number of hydrogen-bond acceptors (Lipinski definition) is 4. The summed E-state index contributed by atoms with van der Waals surface area (Å²) in [5.41, 5.74) is 2.09.